The molecule has 7 rings (SSSR count). The topological polar surface area (TPSA) is 34.0 Å². The van der Waals surface area contributed by atoms with Crippen LogP contribution in [0.4, 0.5) is 5.13 Å². The van der Waals surface area contributed by atoms with Gasteiger partial charge in [0.2, 0.25) is 0 Å². The van der Waals surface area contributed by atoms with E-state index in [0.717, 1.165) is 39.9 Å². The largest absolute Gasteiger partial charge is 0.339 e. The van der Waals surface area contributed by atoms with Crippen molar-refractivity contribution in [3.8, 4) is 11.3 Å². The molecule has 1 atom stereocenters. The van der Waals surface area contributed by atoms with Crippen LogP contribution in [0.15, 0.2) is 122 Å². The van der Waals surface area contributed by atoms with Crippen LogP contribution in [0.25, 0.3) is 11.3 Å². The molecule has 7 heteroatoms. The molecule has 0 spiro atoms. The summed E-state index contributed by atoms with van der Waals surface area (Å²) < 4.78 is 2.33. The molecule has 1 aliphatic carbocycles. The summed E-state index contributed by atoms with van der Waals surface area (Å²) in [6.45, 7) is 5.24. The van der Waals surface area contributed by atoms with Crippen molar-refractivity contribution in [2.45, 2.75) is 44.7 Å². The second-order valence-corrected chi connectivity index (χ2v) is 14.0. The van der Waals surface area contributed by atoms with Gasteiger partial charge in [-0.25, -0.2) is 9.97 Å². The quantitative estimate of drug-likeness (QED) is 0.129. The van der Waals surface area contributed by atoms with Crippen molar-refractivity contribution >= 4 is 39.7 Å². The van der Waals surface area contributed by atoms with Gasteiger partial charge in [0.05, 0.1) is 28.8 Å². The molecule has 0 N–H and O–H groups in total. The number of anilines is 1. The van der Waals surface area contributed by atoms with Gasteiger partial charge in [0, 0.05) is 28.2 Å². The van der Waals surface area contributed by atoms with E-state index >= 15 is 0 Å². The molecule has 0 aliphatic heterocycles. The van der Waals surface area contributed by atoms with E-state index in [2.05, 4.69) is 121 Å². The second-order valence-electron chi connectivity index (χ2n) is 12.0. The van der Waals surface area contributed by atoms with Crippen molar-refractivity contribution < 1.29 is 0 Å². The van der Waals surface area contributed by atoms with Crippen LogP contribution in [-0.2, 0) is 5.54 Å². The van der Waals surface area contributed by atoms with Crippen LogP contribution in [0, 0.1) is 12.8 Å². The van der Waals surface area contributed by atoms with E-state index in [1.54, 1.807) is 17.4 Å². The summed E-state index contributed by atoms with van der Waals surface area (Å²) in [7, 11) is 0. The number of imidazole rings is 1. The van der Waals surface area contributed by atoms with Crippen LogP contribution in [0.2, 0.25) is 10.0 Å². The normalized spacial score (nSPS) is 13.9. The first-order valence-electron chi connectivity index (χ1n) is 15.9. The minimum Gasteiger partial charge on any atom is -0.339 e. The zero-order valence-electron chi connectivity index (χ0n) is 26.0. The predicted octanol–water partition coefficient (Wildman–Crippen LogP) is 10.8. The zero-order valence-corrected chi connectivity index (χ0v) is 28.3. The van der Waals surface area contributed by atoms with Gasteiger partial charge < -0.3 is 9.47 Å². The van der Waals surface area contributed by atoms with Crippen LogP contribution in [0.5, 0.6) is 0 Å². The lowest BCUT2D eigenvalue weighted by atomic mass is 9.76. The third-order valence-electron chi connectivity index (χ3n) is 8.95. The molecule has 1 aliphatic rings. The molecule has 232 valence electrons. The first-order valence-corrected chi connectivity index (χ1v) is 17.5. The summed E-state index contributed by atoms with van der Waals surface area (Å²) in [6, 6.07) is 38.1. The average molecular weight is 664 g/mol. The third kappa shape index (κ3) is 5.66. The van der Waals surface area contributed by atoms with Gasteiger partial charge in [-0.2, -0.15) is 0 Å². The summed E-state index contributed by atoms with van der Waals surface area (Å²) in [5.41, 5.74) is 5.85. The van der Waals surface area contributed by atoms with Crippen molar-refractivity contribution in [2.75, 3.05) is 11.4 Å². The third-order valence-corrected chi connectivity index (χ3v) is 10.5. The zero-order chi connectivity index (χ0) is 31.7. The van der Waals surface area contributed by atoms with E-state index in [4.69, 9.17) is 33.2 Å². The Balaban J connectivity index is 1.36. The Labute approximate surface area is 285 Å². The van der Waals surface area contributed by atoms with E-state index in [1.807, 2.05) is 18.5 Å². The van der Waals surface area contributed by atoms with Crippen LogP contribution in [-0.4, -0.2) is 21.1 Å². The molecule has 0 bridgehead atoms. The average Bonchev–Trinajstić information content (AvgIpc) is 3.68. The van der Waals surface area contributed by atoms with Crippen LogP contribution in [0.3, 0.4) is 0 Å². The fourth-order valence-electron chi connectivity index (χ4n) is 6.76. The Hall–Kier alpha value is -3.90. The number of thiazole rings is 1. The highest BCUT2D eigenvalue weighted by Gasteiger charge is 2.42. The van der Waals surface area contributed by atoms with Crippen molar-refractivity contribution in [1.29, 1.82) is 0 Å². The summed E-state index contributed by atoms with van der Waals surface area (Å²) in [5, 5.41) is 2.25. The van der Waals surface area contributed by atoms with Crippen molar-refractivity contribution in [1.82, 2.24) is 14.5 Å². The number of hydrogen-bond donors (Lipinski definition) is 0. The minimum atomic E-state index is -0.602. The van der Waals surface area contributed by atoms with Crippen LogP contribution in [0.1, 0.15) is 59.5 Å². The second kappa shape index (κ2) is 13.1. The number of benzene rings is 4. The molecular formula is C39H36Cl2N4S. The first kappa shape index (κ1) is 30.7. The molecule has 2 aromatic heterocycles. The standard InChI is InChI=1S/C39H36Cl2N4S/c1-3-23-45(38-43-36(27(2)46-38)33-22-21-32(40)24-34(33)41)37(28-19-20-28)35-25-44(26-42-35)39(29-13-7-4-8-14-29,30-15-9-5-10-16-30)31-17-11-6-12-18-31/h4-18,21-22,24-26,28,37H,3,19-20,23H2,1-2H3. The van der Waals surface area contributed by atoms with E-state index in [9.17, 15) is 0 Å². The molecular weight excluding hydrogens is 627 g/mol. The maximum atomic E-state index is 6.66. The van der Waals surface area contributed by atoms with Gasteiger partial charge in [-0.3, -0.25) is 0 Å². The Kier molecular flexibility index (Phi) is 8.74. The van der Waals surface area contributed by atoms with Crippen molar-refractivity contribution in [2.24, 2.45) is 5.92 Å². The lowest BCUT2D eigenvalue weighted by molar-refractivity contribution is 0.509. The van der Waals surface area contributed by atoms with Gasteiger partial charge in [0.25, 0.3) is 0 Å². The Bertz CT molecular complexity index is 1820. The van der Waals surface area contributed by atoms with Crippen LogP contribution < -0.4 is 4.90 Å². The summed E-state index contributed by atoms with van der Waals surface area (Å²) in [5.74, 6) is 0.515. The van der Waals surface area contributed by atoms with E-state index < -0.39 is 5.54 Å². The predicted molar refractivity (Wildman–Crippen MR) is 192 cm³/mol. The van der Waals surface area contributed by atoms with E-state index in [1.165, 1.54) is 29.5 Å². The summed E-state index contributed by atoms with van der Waals surface area (Å²) >= 11 is 14.6. The highest BCUT2D eigenvalue weighted by molar-refractivity contribution is 7.16. The van der Waals surface area contributed by atoms with Gasteiger partial charge in [-0.1, -0.05) is 121 Å². The van der Waals surface area contributed by atoms with E-state index in [-0.39, 0.29) is 6.04 Å². The van der Waals surface area contributed by atoms with E-state index in [0.29, 0.717) is 16.0 Å². The fourth-order valence-corrected chi connectivity index (χ4v) is 8.24. The molecule has 6 aromatic rings. The summed E-state index contributed by atoms with van der Waals surface area (Å²) in [4.78, 5) is 14.1. The fraction of sp³-hybridized carbons (Fsp3) is 0.231. The van der Waals surface area contributed by atoms with Gasteiger partial charge in [0.15, 0.2) is 5.13 Å². The summed E-state index contributed by atoms with van der Waals surface area (Å²) in [6.07, 6.45) is 7.68. The molecule has 46 heavy (non-hydrogen) atoms. The van der Waals surface area contributed by atoms with Crippen molar-refractivity contribution in [3.05, 3.63) is 159 Å². The van der Waals surface area contributed by atoms with Crippen molar-refractivity contribution in [3.63, 3.8) is 0 Å². The molecule has 1 fully saturated rings. The highest BCUT2D eigenvalue weighted by atomic mass is 35.5. The molecule has 0 amide bonds. The number of aryl methyl sites for hydroxylation is 1. The number of aromatic nitrogens is 3. The van der Waals surface area contributed by atoms with Crippen LogP contribution >= 0.6 is 34.5 Å². The molecule has 1 unspecified atom stereocenters. The molecule has 0 radical (unpaired) electrons. The smallest absolute Gasteiger partial charge is 0.186 e. The first-order chi connectivity index (χ1) is 22.5. The molecule has 0 saturated heterocycles. The highest BCUT2D eigenvalue weighted by Crippen LogP contribution is 2.49. The van der Waals surface area contributed by atoms with Gasteiger partial charge in [-0.05, 0) is 67.0 Å². The lowest BCUT2D eigenvalue weighted by Gasteiger charge is -2.37. The van der Waals surface area contributed by atoms with Gasteiger partial charge in [0.1, 0.15) is 5.54 Å². The Morgan fingerprint density at radius 3 is 1.98 bits per heavy atom. The Morgan fingerprint density at radius 2 is 1.46 bits per heavy atom. The Morgan fingerprint density at radius 1 is 0.870 bits per heavy atom. The number of hydrogen-bond acceptors (Lipinski definition) is 4. The maximum Gasteiger partial charge on any atom is 0.186 e. The molecule has 1 saturated carbocycles. The molecule has 4 nitrogen and oxygen atoms in total. The van der Waals surface area contributed by atoms with Gasteiger partial charge >= 0.3 is 0 Å². The monoisotopic (exact) mass is 662 g/mol. The number of rotatable bonds is 11. The SMILES string of the molecule is CCCN(c1nc(-c2ccc(Cl)cc2Cl)c(C)s1)C(c1cn(C(c2ccccc2)(c2ccccc2)c2ccccc2)cn1)C1CC1. The molecule has 2 heterocycles. The maximum absolute atomic E-state index is 6.66. The minimum absolute atomic E-state index is 0.111. The molecule has 4 aromatic carbocycles. The number of nitrogens with zero attached hydrogens (tertiary/aromatic N) is 4. The number of halogens is 2. The van der Waals surface area contributed by atoms with Gasteiger partial charge in [-0.15, -0.1) is 11.3 Å². The lowest BCUT2D eigenvalue weighted by Crippen LogP contribution is -2.37.